The number of benzene rings is 1. The molecule has 1 atom stereocenters. The second kappa shape index (κ2) is 10.1. The average Bonchev–Trinajstić information content (AvgIpc) is 2.52. The summed E-state index contributed by atoms with van der Waals surface area (Å²) in [4.78, 5) is 5.23. The number of ether oxygens (including phenoxy) is 2. The minimum Gasteiger partial charge on any atom is -0.491 e. The first kappa shape index (κ1) is 17.3. The molecule has 0 saturated carbocycles. The number of rotatable bonds is 10. The Bertz CT molecular complexity index is 409. The summed E-state index contributed by atoms with van der Waals surface area (Å²) >= 11 is 0. The van der Waals surface area contributed by atoms with E-state index in [2.05, 4.69) is 32.9 Å². The normalized spacial score (nSPS) is 11.6. The molecule has 4 nitrogen and oxygen atoms in total. The van der Waals surface area contributed by atoms with Crippen LogP contribution in [0, 0.1) is 0 Å². The van der Waals surface area contributed by atoms with Gasteiger partial charge in [0.05, 0.1) is 11.8 Å². The third kappa shape index (κ3) is 7.02. The number of nitrogens with zero attached hydrogens (tertiary/aromatic N) is 1. The lowest BCUT2D eigenvalue weighted by molar-refractivity contribution is 0.106. The van der Waals surface area contributed by atoms with Crippen LogP contribution in [0.4, 0.5) is 0 Å². The molecule has 1 aromatic carbocycles. The van der Waals surface area contributed by atoms with Crippen LogP contribution in [0.3, 0.4) is 0 Å². The van der Waals surface area contributed by atoms with Gasteiger partial charge in [0, 0.05) is 0 Å². The predicted molar refractivity (Wildman–Crippen MR) is 86.3 cm³/mol. The molecule has 1 rings (SSSR count). The van der Waals surface area contributed by atoms with Crippen LogP contribution in [0.2, 0.25) is 0 Å². The van der Waals surface area contributed by atoms with Crippen LogP contribution in [-0.4, -0.2) is 25.0 Å². The van der Waals surface area contributed by atoms with Crippen LogP contribution in [0.5, 0.6) is 11.5 Å². The molecule has 4 heteroatoms. The zero-order chi connectivity index (χ0) is 15.5. The summed E-state index contributed by atoms with van der Waals surface area (Å²) in [5.41, 5.74) is 1.07. The Morgan fingerprint density at radius 2 is 1.62 bits per heavy atom. The molecule has 0 aromatic heterocycles. The largest absolute Gasteiger partial charge is 0.491 e. The van der Waals surface area contributed by atoms with Crippen LogP contribution in [-0.2, 0) is 4.84 Å². The Kier molecular flexibility index (Phi) is 8.32. The van der Waals surface area contributed by atoms with Crippen LogP contribution < -0.4 is 9.47 Å². The maximum absolute atomic E-state index is 5.71. The van der Waals surface area contributed by atoms with Gasteiger partial charge in [-0.25, -0.2) is 0 Å². The Labute approximate surface area is 128 Å². The van der Waals surface area contributed by atoms with Crippen LogP contribution >= 0.6 is 0 Å². The molecule has 0 aliphatic rings. The second-order valence-corrected chi connectivity index (χ2v) is 4.85. The van der Waals surface area contributed by atoms with E-state index >= 15 is 0 Å². The van der Waals surface area contributed by atoms with Crippen molar-refractivity contribution in [3.05, 3.63) is 24.3 Å². The summed E-state index contributed by atoms with van der Waals surface area (Å²) in [6.07, 6.45) is 3.08. The Morgan fingerprint density at radius 1 is 1.00 bits per heavy atom. The van der Waals surface area contributed by atoms with E-state index in [1.54, 1.807) is 0 Å². The molecular weight excluding hydrogens is 266 g/mol. The van der Waals surface area contributed by atoms with Crippen molar-refractivity contribution in [1.82, 2.24) is 0 Å². The molecule has 21 heavy (non-hydrogen) atoms. The molecule has 0 bridgehead atoms. The fourth-order valence-corrected chi connectivity index (χ4v) is 1.64. The second-order valence-electron chi connectivity index (χ2n) is 4.85. The Balaban J connectivity index is 2.28. The lowest BCUT2D eigenvalue weighted by Gasteiger charge is -2.13. The molecule has 0 amide bonds. The van der Waals surface area contributed by atoms with E-state index in [9.17, 15) is 0 Å². The highest BCUT2D eigenvalue weighted by molar-refractivity contribution is 5.83. The van der Waals surface area contributed by atoms with Gasteiger partial charge in [-0.1, -0.05) is 25.9 Å². The van der Waals surface area contributed by atoms with E-state index in [0.717, 1.165) is 36.5 Å². The van der Waals surface area contributed by atoms with E-state index in [4.69, 9.17) is 14.3 Å². The van der Waals surface area contributed by atoms with Gasteiger partial charge in [-0.2, -0.15) is 0 Å². The summed E-state index contributed by atoms with van der Waals surface area (Å²) in [7, 11) is 0. The molecule has 0 aliphatic heterocycles. The molecule has 0 fully saturated rings. The number of oxime groups is 1. The molecule has 0 radical (unpaired) electrons. The Hall–Kier alpha value is -1.71. The smallest absolute Gasteiger partial charge is 0.151 e. The average molecular weight is 293 g/mol. The van der Waals surface area contributed by atoms with Crippen molar-refractivity contribution in [3.63, 3.8) is 0 Å². The van der Waals surface area contributed by atoms with Gasteiger partial charge in [0.15, 0.2) is 6.61 Å². The third-order valence-corrected chi connectivity index (χ3v) is 3.19. The molecule has 118 valence electrons. The standard InChI is InChI=1S/C17H27NO3/c1-5-14(4)21-17-10-8-16(9-11-17)19-12-13-20-18-15(6-2)7-3/h8-11,14H,5-7,12-13H2,1-4H3. The van der Waals surface area contributed by atoms with Crippen LogP contribution in [0.1, 0.15) is 47.0 Å². The molecular formula is C17H27NO3. The summed E-state index contributed by atoms with van der Waals surface area (Å²) in [6.45, 7) is 9.25. The van der Waals surface area contributed by atoms with Gasteiger partial charge >= 0.3 is 0 Å². The molecule has 1 aromatic rings. The first-order chi connectivity index (χ1) is 10.2. The minimum atomic E-state index is 0.231. The summed E-state index contributed by atoms with van der Waals surface area (Å²) in [5.74, 6) is 1.68. The first-order valence-electron chi connectivity index (χ1n) is 7.76. The van der Waals surface area contributed by atoms with Crippen LogP contribution in [0.25, 0.3) is 0 Å². The molecule has 0 heterocycles. The van der Waals surface area contributed by atoms with Crippen molar-refractivity contribution in [2.24, 2.45) is 5.16 Å². The quantitative estimate of drug-likeness (QED) is 0.364. The van der Waals surface area contributed by atoms with Gasteiger partial charge in [0.1, 0.15) is 18.1 Å². The highest BCUT2D eigenvalue weighted by Crippen LogP contribution is 2.19. The van der Waals surface area contributed by atoms with E-state index < -0.39 is 0 Å². The zero-order valence-corrected chi connectivity index (χ0v) is 13.6. The van der Waals surface area contributed by atoms with Crippen molar-refractivity contribution < 1.29 is 14.3 Å². The van der Waals surface area contributed by atoms with Gasteiger partial charge in [-0.3, -0.25) is 0 Å². The minimum absolute atomic E-state index is 0.231. The van der Waals surface area contributed by atoms with Gasteiger partial charge in [-0.05, 0) is 50.5 Å². The van der Waals surface area contributed by atoms with E-state index in [-0.39, 0.29) is 6.10 Å². The fraction of sp³-hybridized carbons (Fsp3) is 0.588. The first-order valence-corrected chi connectivity index (χ1v) is 7.76. The lowest BCUT2D eigenvalue weighted by Crippen LogP contribution is -2.09. The molecule has 1 unspecified atom stereocenters. The highest BCUT2D eigenvalue weighted by Gasteiger charge is 2.01. The van der Waals surface area contributed by atoms with Gasteiger partial charge < -0.3 is 14.3 Å². The molecule has 0 N–H and O–H groups in total. The molecule has 0 spiro atoms. The van der Waals surface area contributed by atoms with E-state index in [1.165, 1.54) is 0 Å². The predicted octanol–water partition coefficient (Wildman–Crippen LogP) is 4.44. The lowest BCUT2D eigenvalue weighted by atomic mass is 10.2. The van der Waals surface area contributed by atoms with E-state index in [1.807, 2.05) is 24.3 Å². The topological polar surface area (TPSA) is 40.0 Å². The molecule has 0 saturated heterocycles. The van der Waals surface area contributed by atoms with Crippen LogP contribution in [0.15, 0.2) is 29.4 Å². The molecule has 0 aliphatic carbocycles. The Morgan fingerprint density at radius 3 is 2.19 bits per heavy atom. The van der Waals surface area contributed by atoms with Gasteiger partial charge in [0.2, 0.25) is 0 Å². The van der Waals surface area contributed by atoms with Crippen molar-refractivity contribution in [1.29, 1.82) is 0 Å². The van der Waals surface area contributed by atoms with Crippen molar-refractivity contribution in [2.45, 2.75) is 53.1 Å². The monoisotopic (exact) mass is 293 g/mol. The van der Waals surface area contributed by atoms with Gasteiger partial charge in [0.25, 0.3) is 0 Å². The number of hydrogen-bond donors (Lipinski definition) is 0. The fourth-order valence-electron chi connectivity index (χ4n) is 1.64. The maximum atomic E-state index is 5.71. The highest BCUT2D eigenvalue weighted by atomic mass is 16.6. The third-order valence-electron chi connectivity index (χ3n) is 3.19. The maximum Gasteiger partial charge on any atom is 0.151 e. The summed E-state index contributed by atoms with van der Waals surface area (Å²) in [6, 6.07) is 7.66. The van der Waals surface area contributed by atoms with Gasteiger partial charge in [-0.15, -0.1) is 0 Å². The summed E-state index contributed by atoms with van der Waals surface area (Å²) in [5, 5.41) is 4.06. The van der Waals surface area contributed by atoms with Crippen molar-refractivity contribution in [2.75, 3.05) is 13.2 Å². The number of hydrogen-bond acceptors (Lipinski definition) is 4. The van der Waals surface area contributed by atoms with E-state index in [0.29, 0.717) is 13.2 Å². The van der Waals surface area contributed by atoms with Crippen molar-refractivity contribution in [3.8, 4) is 11.5 Å². The SMILES string of the molecule is CCC(CC)=NOCCOc1ccc(OC(C)CC)cc1. The zero-order valence-electron chi connectivity index (χ0n) is 13.6. The summed E-state index contributed by atoms with van der Waals surface area (Å²) < 4.78 is 11.3. The van der Waals surface area contributed by atoms with Crippen molar-refractivity contribution >= 4 is 5.71 Å².